The number of hydrogen-bond donors (Lipinski definition) is 0. The van der Waals surface area contributed by atoms with Gasteiger partial charge >= 0.3 is 0 Å². The van der Waals surface area contributed by atoms with E-state index in [0.717, 1.165) is 40.4 Å². The van der Waals surface area contributed by atoms with Gasteiger partial charge in [-0.15, -0.1) is 0 Å². The van der Waals surface area contributed by atoms with Gasteiger partial charge in [0.1, 0.15) is 0 Å². The summed E-state index contributed by atoms with van der Waals surface area (Å²) in [6.07, 6.45) is 19.9. The lowest BCUT2D eigenvalue weighted by Crippen LogP contribution is -2.56. The molecular weight excluding hydrogens is 360 g/mol. The summed E-state index contributed by atoms with van der Waals surface area (Å²) in [6.45, 7) is 18.3. The van der Waals surface area contributed by atoms with E-state index in [0.29, 0.717) is 16.2 Å². The molecule has 30 heavy (non-hydrogen) atoms. The van der Waals surface area contributed by atoms with Crippen molar-refractivity contribution in [2.75, 3.05) is 0 Å². The van der Waals surface area contributed by atoms with Gasteiger partial charge in [0.05, 0.1) is 0 Å². The molecule has 5 fully saturated rings. The van der Waals surface area contributed by atoms with Crippen molar-refractivity contribution >= 4 is 0 Å². The fourth-order valence-corrected chi connectivity index (χ4v) is 11.4. The van der Waals surface area contributed by atoms with Gasteiger partial charge in [-0.25, -0.2) is 0 Å². The molecule has 0 heterocycles. The van der Waals surface area contributed by atoms with E-state index in [1.165, 1.54) is 38.5 Å². The van der Waals surface area contributed by atoms with Crippen molar-refractivity contribution in [2.45, 2.75) is 132 Å². The molecule has 172 valence electrons. The molecule has 2 spiro atoms. The first-order valence-corrected chi connectivity index (χ1v) is 14.0. The normalized spacial score (nSPS) is 52.2. The van der Waals surface area contributed by atoms with Gasteiger partial charge in [-0.05, 0) is 114 Å². The molecule has 5 aliphatic carbocycles. The Bertz CT molecular complexity index is 674. The third-order valence-electron chi connectivity index (χ3n) is 13.0. The van der Waals surface area contributed by atoms with Gasteiger partial charge < -0.3 is 0 Å². The van der Waals surface area contributed by atoms with Crippen molar-refractivity contribution in [2.24, 2.45) is 56.7 Å². The summed E-state index contributed by atoms with van der Waals surface area (Å²) in [5.41, 5.74) is 3.37. The lowest BCUT2D eigenvalue weighted by atomic mass is 9.42. The van der Waals surface area contributed by atoms with E-state index in [1.54, 1.807) is 44.9 Å². The molecule has 0 aromatic carbocycles. The van der Waals surface area contributed by atoms with Crippen LogP contribution in [-0.4, -0.2) is 0 Å². The molecule has 8 atom stereocenters. The van der Waals surface area contributed by atoms with Crippen LogP contribution in [-0.2, 0) is 0 Å². The summed E-state index contributed by atoms with van der Waals surface area (Å²) in [5, 5.41) is 0. The van der Waals surface area contributed by atoms with E-state index < -0.39 is 0 Å². The highest BCUT2D eigenvalue weighted by Crippen LogP contribution is 2.89. The minimum atomic E-state index is 0.609. The first-order chi connectivity index (χ1) is 14.0. The lowest BCUT2D eigenvalue weighted by molar-refractivity contribution is -0.142. The second-order valence-corrected chi connectivity index (χ2v) is 14.8. The van der Waals surface area contributed by atoms with Crippen LogP contribution >= 0.6 is 0 Å². The quantitative estimate of drug-likeness (QED) is 0.422. The van der Waals surface area contributed by atoms with Crippen LogP contribution in [0.15, 0.2) is 0 Å². The largest absolute Gasteiger partial charge is 0.0628 e. The van der Waals surface area contributed by atoms with E-state index >= 15 is 0 Å². The Morgan fingerprint density at radius 2 is 1.40 bits per heavy atom. The first-order valence-electron chi connectivity index (χ1n) is 14.0. The summed E-state index contributed by atoms with van der Waals surface area (Å²) in [5.74, 6) is 4.87. The third-order valence-corrected chi connectivity index (χ3v) is 13.0. The topological polar surface area (TPSA) is 0 Å². The highest BCUT2D eigenvalue weighted by molar-refractivity contribution is 5.30. The fraction of sp³-hybridized carbons (Fsp3) is 1.00. The Kier molecular flexibility index (Phi) is 4.92. The summed E-state index contributed by atoms with van der Waals surface area (Å²) in [7, 11) is 0. The smallest absolute Gasteiger partial charge is 0.0198 e. The fourth-order valence-electron chi connectivity index (χ4n) is 11.4. The van der Waals surface area contributed by atoms with E-state index in [2.05, 4.69) is 48.5 Å². The maximum absolute atomic E-state index is 2.81. The van der Waals surface area contributed by atoms with Crippen molar-refractivity contribution < 1.29 is 0 Å². The molecule has 0 aliphatic heterocycles. The molecule has 0 radical (unpaired) electrons. The van der Waals surface area contributed by atoms with Gasteiger partial charge in [0.2, 0.25) is 0 Å². The Hall–Kier alpha value is 0. The van der Waals surface area contributed by atoms with E-state index in [-0.39, 0.29) is 0 Å². The standard InChI is InChI=1S/C30H52/c1-21(2)10-8-11-22(3)23-14-17-28(7)25-13-12-24-26(4,5)15-9-16-29(24)20-30(25,29)19-18-27(23,28)6/h21-25H,8-20H2,1-7H3/t22-,23-,24-,25+,27-,28+,29-,30+/m1/s1. The predicted molar refractivity (Wildman–Crippen MR) is 129 cm³/mol. The zero-order valence-corrected chi connectivity index (χ0v) is 21.6. The average molecular weight is 413 g/mol. The molecule has 0 heteroatoms. The monoisotopic (exact) mass is 412 g/mol. The second kappa shape index (κ2) is 6.76. The van der Waals surface area contributed by atoms with Crippen molar-refractivity contribution in [1.82, 2.24) is 0 Å². The molecule has 5 rings (SSSR count). The summed E-state index contributed by atoms with van der Waals surface area (Å²) in [6, 6.07) is 0. The third kappa shape index (κ3) is 2.64. The van der Waals surface area contributed by atoms with Crippen LogP contribution in [0.3, 0.4) is 0 Å². The summed E-state index contributed by atoms with van der Waals surface area (Å²) in [4.78, 5) is 0. The molecule has 0 aromatic heterocycles. The van der Waals surface area contributed by atoms with Crippen LogP contribution in [0.4, 0.5) is 0 Å². The molecule has 0 aromatic rings. The zero-order valence-electron chi connectivity index (χ0n) is 21.6. The summed E-state index contributed by atoms with van der Waals surface area (Å²) < 4.78 is 0. The molecule has 0 amide bonds. The maximum atomic E-state index is 2.81. The van der Waals surface area contributed by atoms with Gasteiger partial charge in [-0.1, -0.05) is 74.1 Å². The maximum Gasteiger partial charge on any atom is -0.0198 e. The Morgan fingerprint density at radius 1 is 0.700 bits per heavy atom. The molecule has 5 aliphatic rings. The highest BCUT2D eigenvalue weighted by Gasteiger charge is 2.81. The average Bonchev–Trinajstić information content (AvgIpc) is 3.23. The van der Waals surface area contributed by atoms with Crippen molar-refractivity contribution in [3.8, 4) is 0 Å². The predicted octanol–water partition coefficient (Wildman–Crippen LogP) is 9.28. The van der Waals surface area contributed by atoms with Gasteiger partial charge in [-0.3, -0.25) is 0 Å². The van der Waals surface area contributed by atoms with Crippen LogP contribution in [0.25, 0.3) is 0 Å². The Morgan fingerprint density at radius 3 is 2.13 bits per heavy atom. The second-order valence-electron chi connectivity index (χ2n) is 14.8. The SMILES string of the molecule is CC(C)CCC[C@@H](C)[C@H]1CC[C@@]2(C)[C@@H]3CC[C@@H]4C(C)(C)CCC[C@@]45C[C@@]35CC[C@]12C. The van der Waals surface area contributed by atoms with E-state index in [9.17, 15) is 0 Å². The lowest BCUT2D eigenvalue weighted by Gasteiger charge is -2.63. The van der Waals surface area contributed by atoms with E-state index in [1.807, 2.05) is 0 Å². The minimum Gasteiger partial charge on any atom is -0.0628 e. The van der Waals surface area contributed by atoms with Crippen LogP contribution in [0, 0.1) is 56.7 Å². The minimum absolute atomic E-state index is 0.609. The molecule has 0 saturated heterocycles. The van der Waals surface area contributed by atoms with Gasteiger partial charge in [0.25, 0.3) is 0 Å². The Labute approximate surface area is 188 Å². The van der Waals surface area contributed by atoms with Crippen LogP contribution in [0.1, 0.15) is 132 Å². The molecule has 5 saturated carbocycles. The molecule has 0 nitrogen and oxygen atoms in total. The number of fused-ring (bicyclic) bond motifs is 2. The zero-order chi connectivity index (χ0) is 21.6. The number of hydrogen-bond acceptors (Lipinski definition) is 0. The molecule has 0 unspecified atom stereocenters. The van der Waals surface area contributed by atoms with E-state index in [4.69, 9.17) is 0 Å². The van der Waals surface area contributed by atoms with Crippen molar-refractivity contribution in [1.29, 1.82) is 0 Å². The summed E-state index contributed by atoms with van der Waals surface area (Å²) >= 11 is 0. The van der Waals surface area contributed by atoms with Crippen LogP contribution in [0.2, 0.25) is 0 Å². The molecule has 0 bridgehead atoms. The molecule has 0 N–H and O–H groups in total. The van der Waals surface area contributed by atoms with Crippen LogP contribution in [0.5, 0.6) is 0 Å². The highest BCUT2D eigenvalue weighted by atomic mass is 14.9. The van der Waals surface area contributed by atoms with Gasteiger partial charge in [-0.2, -0.15) is 0 Å². The first kappa shape index (κ1) is 21.8. The Balaban J connectivity index is 1.39. The van der Waals surface area contributed by atoms with Crippen molar-refractivity contribution in [3.05, 3.63) is 0 Å². The van der Waals surface area contributed by atoms with Gasteiger partial charge in [0, 0.05) is 0 Å². The number of rotatable bonds is 5. The van der Waals surface area contributed by atoms with Crippen molar-refractivity contribution in [3.63, 3.8) is 0 Å². The van der Waals surface area contributed by atoms with Gasteiger partial charge in [0.15, 0.2) is 0 Å². The van der Waals surface area contributed by atoms with Crippen LogP contribution < -0.4 is 0 Å². The molecular formula is C30H52.